The summed E-state index contributed by atoms with van der Waals surface area (Å²) in [4.78, 5) is 24.1. The Morgan fingerprint density at radius 1 is 0.913 bits per heavy atom. The fraction of sp³-hybridized carbons (Fsp3) is 0.222. The molecule has 0 aliphatic heterocycles. The summed E-state index contributed by atoms with van der Waals surface area (Å²) in [5, 5.41) is 5.21. The molecule has 0 aliphatic carbocycles. The van der Waals surface area contributed by atoms with E-state index in [0.717, 1.165) is 5.56 Å². The molecule has 120 valence electrons. The largest absolute Gasteiger partial charge is 0.497 e. The summed E-state index contributed by atoms with van der Waals surface area (Å²) >= 11 is 0. The molecule has 0 aliphatic rings. The molecule has 0 atom stereocenters. The Kier molecular flexibility index (Phi) is 5.36. The standard InChI is InChI=1S/C18H20N2O3/c1-12(2)15-6-4-5-7-16(15)20-18(22)17(21)19-13-8-10-14(23-3)11-9-13/h4-12H,1-3H3,(H,19,21)(H,20,22). The van der Waals surface area contributed by atoms with E-state index in [-0.39, 0.29) is 5.92 Å². The van der Waals surface area contributed by atoms with Crippen LogP contribution in [-0.2, 0) is 9.59 Å². The van der Waals surface area contributed by atoms with Gasteiger partial charge in [-0.05, 0) is 41.8 Å². The van der Waals surface area contributed by atoms with E-state index < -0.39 is 11.8 Å². The summed E-state index contributed by atoms with van der Waals surface area (Å²) in [7, 11) is 1.56. The van der Waals surface area contributed by atoms with E-state index in [2.05, 4.69) is 10.6 Å². The highest BCUT2D eigenvalue weighted by atomic mass is 16.5. The van der Waals surface area contributed by atoms with Gasteiger partial charge in [0.1, 0.15) is 5.75 Å². The van der Waals surface area contributed by atoms with Crippen molar-refractivity contribution in [2.24, 2.45) is 0 Å². The third-order valence-electron chi connectivity index (χ3n) is 3.39. The van der Waals surface area contributed by atoms with E-state index >= 15 is 0 Å². The number of carbonyl (C=O) groups excluding carboxylic acids is 2. The first kappa shape index (κ1) is 16.5. The maximum Gasteiger partial charge on any atom is 0.314 e. The predicted octanol–water partition coefficient (Wildman–Crippen LogP) is 3.40. The Morgan fingerprint density at radius 3 is 2.13 bits per heavy atom. The van der Waals surface area contributed by atoms with Crippen LogP contribution in [0.5, 0.6) is 5.75 Å². The van der Waals surface area contributed by atoms with E-state index in [4.69, 9.17) is 4.74 Å². The van der Waals surface area contributed by atoms with Crippen molar-refractivity contribution < 1.29 is 14.3 Å². The van der Waals surface area contributed by atoms with Gasteiger partial charge in [-0.15, -0.1) is 0 Å². The zero-order valence-corrected chi connectivity index (χ0v) is 13.4. The number of hydrogen-bond donors (Lipinski definition) is 2. The number of anilines is 2. The molecule has 0 spiro atoms. The lowest BCUT2D eigenvalue weighted by Gasteiger charge is -2.13. The number of amides is 2. The average molecular weight is 312 g/mol. The molecule has 0 saturated carbocycles. The van der Waals surface area contributed by atoms with Crippen molar-refractivity contribution in [1.82, 2.24) is 0 Å². The van der Waals surface area contributed by atoms with Crippen LogP contribution in [0.3, 0.4) is 0 Å². The van der Waals surface area contributed by atoms with Gasteiger partial charge in [0.05, 0.1) is 7.11 Å². The Labute approximate surface area is 135 Å². The van der Waals surface area contributed by atoms with Gasteiger partial charge in [0, 0.05) is 11.4 Å². The topological polar surface area (TPSA) is 67.4 Å². The number of nitrogens with one attached hydrogen (secondary N) is 2. The summed E-state index contributed by atoms with van der Waals surface area (Å²) in [5.74, 6) is -0.489. The molecule has 0 aromatic heterocycles. The van der Waals surface area contributed by atoms with Gasteiger partial charge in [-0.25, -0.2) is 0 Å². The first-order valence-corrected chi connectivity index (χ1v) is 7.36. The van der Waals surface area contributed by atoms with E-state index in [1.165, 1.54) is 0 Å². The molecule has 2 aromatic carbocycles. The van der Waals surface area contributed by atoms with E-state index in [9.17, 15) is 9.59 Å². The molecular formula is C18H20N2O3. The average Bonchev–Trinajstić information content (AvgIpc) is 2.55. The number of para-hydroxylation sites is 1. The molecule has 2 N–H and O–H groups in total. The van der Waals surface area contributed by atoms with Crippen molar-refractivity contribution in [2.45, 2.75) is 19.8 Å². The number of carbonyl (C=O) groups is 2. The first-order valence-electron chi connectivity index (χ1n) is 7.36. The Hall–Kier alpha value is -2.82. The SMILES string of the molecule is COc1ccc(NC(=O)C(=O)Nc2ccccc2C(C)C)cc1. The maximum absolute atomic E-state index is 12.1. The van der Waals surface area contributed by atoms with Gasteiger partial charge in [0.25, 0.3) is 0 Å². The molecule has 0 heterocycles. The van der Waals surface area contributed by atoms with E-state index in [0.29, 0.717) is 17.1 Å². The molecule has 5 nitrogen and oxygen atoms in total. The lowest BCUT2D eigenvalue weighted by atomic mass is 10.0. The Balaban J connectivity index is 2.04. The molecule has 0 radical (unpaired) electrons. The van der Waals surface area contributed by atoms with Gasteiger partial charge in [-0.3, -0.25) is 9.59 Å². The highest BCUT2D eigenvalue weighted by Crippen LogP contribution is 2.23. The molecule has 0 saturated heterocycles. The molecule has 5 heteroatoms. The van der Waals surface area contributed by atoms with Crippen LogP contribution in [0.2, 0.25) is 0 Å². The van der Waals surface area contributed by atoms with Gasteiger partial charge in [0.2, 0.25) is 0 Å². The fourth-order valence-corrected chi connectivity index (χ4v) is 2.16. The second kappa shape index (κ2) is 7.45. The fourth-order valence-electron chi connectivity index (χ4n) is 2.16. The molecular weight excluding hydrogens is 292 g/mol. The van der Waals surface area contributed by atoms with Crippen LogP contribution in [-0.4, -0.2) is 18.9 Å². The summed E-state index contributed by atoms with van der Waals surface area (Å²) in [6, 6.07) is 14.2. The third-order valence-corrected chi connectivity index (χ3v) is 3.39. The summed E-state index contributed by atoms with van der Waals surface area (Å²) in [5.41, 5.74) is 2.17. The molecule has 0 fully saturated rings. The van der Waals surface area contributed by atoms with Crippen LogP contribution in [0.15, 0.2) is 48.5 Å². The number of benzene rings is 2. The van der Waals surface area contributed by atoms with E-state index in [1.54, 1.807) is 37.4 Å². The minimum absolute atomic E-state index is 0.246. The normalized spacial score (nSPS) is 10.3. The van der Waals surface area contributed by atoms with Crippen LogP contribution in [0.1, 0.15) is 25.3 Å². The van der Waals surface area contributed by atoms with Crippen LogP contribution in [0.4, 0.5) is 11.4 Å². The van der Waals surface area contributed by atoms with Gasteiger partial charge < -0.3 is 15.4 Å². The minimum Gasteiger partial charge on any atom is -0.497 e. The Bertz CT molecular complexity index is 694. The Morgan fingerprint density at radius 2 is 1.52 bits per heavy atom. The number of methoxy groups -OCH3 is 1. The van der Waals surface area contributed by atoms with Gasteiger partial charge in [-0.2, -0.15) is 0 Å². The maximum atomic E-state index is 12.1. The van der Waals surface area contributed by atoms with Gasteiger partial charge in [0.15, 0.2) is 0 Å². The van der Waals surface area contributed by atoms with Crippen molar-refractivity contribution in [3.63, 3.8) is 0 Å². The third kappa shape index (κ3) is 4.32. The molecule has 2 amide bonds. The van der Waals surface area contributed by atoms with Crippen molar-refractivity contribution in [3.8, 4) is 5.75 Å². The highest BCUT2D eigenvalue weighted by Gasteiger charge is 2.16. The van der Waals surface area contributed by atoms with Crippen molar-refractivity contribution >= 4 is 23.2 Å². The quantitative estimate of drug-likeness (QED) is 0.850. The second-order valence-electron chi connectivity index (χ2n) is 5.38. The van der Waals surface area contributed by atoms with E-state index in [1.807, 2.05) is 32.0 Å². The van der Waals surface area contributed by atoms with Crippen LogP contribution >= 0.6 is 0 Å². The smallest absolute Gasteiger partial charge is 0.314 e. The van der Waals surface area contributed by atoms with Crippen LogP contribution in [0.25, 0.3) is 0 Å². The van der Waals surface area contributed by atoms with Crippen molar-refractivity contribution in [3.05, 3.63) is 54.1 Å². The molecule has 0 unspecified atom stereocenters. The number of ether oxygens (including phenoxy) is 1. The highest BCUT2D eigenvalue weighted by molar-refractivity contribution is 6.43. The lowest BCUT2D eigenvalue weighted by molar-refractivity contribution is -0.133. The minimum atomic E-state index is -0.714. The second-order valence-corrected chi connectivity index (χ2v) is 5.38. The molecule has 0 bridgehead atoms. The first-order chi connectivity index (χ1) is 11.0. The summed E-state index contributed by atoms with van der Waals surface area (Å²) in [6.07, 6.45) is 0. The van der Waals surface area contributed by atoms with Gasteiger partial charge in [-0.1, -0.05) is 32.0 Å². The van der Waals surface area contributed by atoms with Crippen LogP contribution in [0, 0.1) is 0 Å². The van der Waals surface area contributed by atoms with Crippen molar-refractivity contribution in [2.75, 3.05) is 17.7 Å². The number of hydrogen-bond acceptors (Lipinski definition) is 3. The molecule has 2 aromatic rings. The van der Waals surface area contributed by atoms with Crippen LogP contribution < -0.4 is 15.4 Å². The summed E-state index contributed by atoms with van der Waals surface area (Å²) < 4.78 is 5.04. The lowest BCUT2D eigenvalue weighted by Crippen LogP contribution is -2.29. The molecule has 23 heavy (non-hydrogen) atoms. The number of rotatable bonds is 4. The van der Waals surface area contributed by atoms with Crippen molar-refractivity contribution in [1.29, 1.82) is 0 Å². The zero-order chi connectivity index (χ0) is 16.8. The monoisotopic (exact) mass is 312 g/mol. The predicted molar refractivity (Wildman–Crippen MR) is 90.8 cm³/mol. The van der Waals surface area contributed by atoms with Gasteiger partial charge >= 0.3 is 11.8 Å². The summed E-state index contributed by atoms with van der Waals surface area (Å²) in [6.45, 7) is 4.06. The molecule has 2 rings (SSSR count). The zero-order valence-electron chi connectivity index (χ0n) is 13.4.